The van der Waals surface area contributed by atoms with Crippen molar-refractivity contribution >= 4 is 11.8 Å². The van der Waals surface area contributed by atoms with Gasteiger partial charge < -0.3 is 44.5 Å². The highest BCUT2D eigenvalue weighted by molar-refractivity contribution is 7.99. The van der Waals surface area contributed by atoms with Crippen molar-refractivity contribution in [2.75, 3.05) is 25.2 Å². The second-order valence-electron chi connectivity index (χ2n) is 7.21. The summed E-state index contributed by atoms with van der Waals surface area (Å²) in [5, 5.41) is 51.2. The van der Waals surface area contributed by atoms with E-state index in [1.165, 1.54) is 7.11 Å². The van der Waals surface area contributed by atoms with Gasteiger partial charge >= 0.3 is 0 Å². The quantitative estimate of drug-likeness (QED) is 0.294. The molecule has 2 fully saturated rings. The first kappa shape index (κ1) is 24.3. The molecule has 0 saturated carbocycles. The van der Waals surface area contributed by atoms with Crippen molar-refractivity contribution in [2.45, 2.75) is 82.0 Å². The van der Waals surface area contributed by atoms with E-state index >= 15 is 0 Å². The molecule has 0 bridgehead atoms. The van der Waals surface area contributed by atoms with Crippen LogP contribution in [0.4, 0.5) is 0 Å². The van der Waals surface area contributed by atoms with E-state index in [0.29, 0.717) is 12.2 Å². The van der Waals surface area contributed by atoms with Crippen LogP contribution in [-0.2, 0) is 18.9 Å². The monoisotopic (exact) mass is 426 g/mol. The summed E-state index contributed by atoms with van der Waals surface area (Å²) in [5.74, 6) is 0.926. The normalized spacial score (nSPS) is 44.6. The van der Waals surface area contributed by atoms with Crippen molar-refractivity contribution in [3.8, 4) is 0 Å². The van der Waals surface area contributed by atoms with E-state index in [2.05, 4.69) is 0 Å². The maximum Gasteiger partial charge on any atom is 0.187 e. The van der Waals surface area contributed by atoms with E-state index in [9.17, 15) is 25.5 Å². The van der Waals surface area contributed by atoms with Crippen molar-refractivity contribution in [3.63, 3.8) is 0 Å². The number of thioether (sulfide) groups is 1. The molecule has 2 aliphatic heterocycles. The number of aliphatic hydroxyl groups is 5. The molecule has 9 nitrogen and oxygen atoms in total. The third-order valence-corrected chi connectivity index (χ3v) is 6.56. The van der Waals surface area contributed by atoms with Crippen molar-refractivity contribution in [2.24, 2.45) is 5.92 Å². The Bertz CT molecular complexity index is 455. The van der Waals surface area contributed by atoms with Crippen LogP contribution in [0.15, 0.2) is 0 Å². The van der Waals surface area contributed by atoms with E-state index < -0.39 is 61.2 Å². The van der Waals surface area contributed by atoms with Crippen LogP contribution in [0.3, 0.4) is 0 Å². The van der Waals surface area contributed by atoms with Gasteiger partial charge in [-0.05, 0) is 18.6 Å². The topological polar surface area (TPSA) is 138 Å². The van der Waals surface area contributed by atoms with Crippen LogP contribution in [-0.4, -0.2) is 106 Å². The summed E-state index contributed by atoms with van der Waals surface area (Å²) in [6.45, 7) is 3.54. The smallest absolute Gasteiger partial charge is 0.187 e. The van der Waals surface area contributed by atoms with Gasteiger partial charge in [-0.2, -0.15) is 11.8 Å². The predicted octanol–water partition coefficient (Wildman–Crippen LogP) is -0.927. The van der Waals surface area contributed by atoms with Gasteiger partial charge in [-0.15, -0.1) is 0 Å². The number of hydrogen-bond donors (Lipinski definition) is 5. The lowest BCUT2D eigenvalue weighted by Gasteiger charge is -2.46. The maximum absolute atomic E-state index is 10.6. The molecule has 0 amide bonds. The summed E-state index contributed by atoms with van der Waals surface area (Å²) in [7, 11) is 1.37. The molecule has 10 atom stereocenters. The molecule has 2 rings (SSSR count). The molecule has 8 unspecified atom stereocenters. The molecule has 28 heavy (non-hydrogen) atoms. The van der Waals surface area contributed by atoms with Gasteiger partial charge in [0, 0.05) is 18.8 Å². The Kier molecular flexibility index (Phi) is 9.88. The van der Waals surface area contributed by atoms with Gasteiger partial charge in [0.15, 0.2) is 12.6 Å². The van der Waals surface area contributed by atoms with Crippen molar-refractivity contribution in [3.05, 3.63) is 0 Å². The summed E-state index contributed by atoms with van der Waals surface area (Å²) in [6.07, 6.45) is -8.32. The lowest BCUT2D eigenvalue weighted by atomic mass is 9.87. The first-order valence-corrected chi connectivity index (χ1v) is 10.9. The number of rotatable bonds is 9. The Morgan fingerprint density at radius 1 is 0.893 bits per heavy atom. The molecule has 0 radical (unpaired) electrons. The third-order valence-electron chi connectivity index (χ3n) is 5.30. The minimum atomic E-state index is -1.36. The van der Waals surface area contributed by atoms with E-state index in [1.54, 1.807) is 11.8 Å². The van der Waals surface area contributed by atoms with Crippen molar-refractivity contribution in [1.29, 1.82) is 0 Å². The highest BCUT2D eigenvalue weighted by Gasteiger charge is 2.50. The highest BCUT2D eigenvalue weighted by atomic mass is 32.2. The fourth-order valence-electron chi connectivity index (χ4n) is 3.68. The zero-order chi connectivity index (χ0) is 20.8. The van der Waals surface area contributed by atoms with E-state index in [4.69, 9.17) is 18.9 Å². The zero-order valence-corrected chi connectivity index (χ0v) is 17.4. The second kappa shape index (κ2) is 11.4. The number of ether oxygens (including phenoxy) is 4. The standard InChI is InChI=1S/C18H34O9S/c1-4-6-28-8-11-16(13(21)15(23)17(24-3)26-11)27-18-14(22)12(20)9(5-2)10(7-19)25-18/h9-23H,4-8H2,1-3H3/t9?,10?,11?,12?,13?,14?,15?,16?,17-,18+/m1/s1. The Balaban J connectivity index is 2.14. The molecule has 0 aliphatic carbocycles. The minimum absolute atomic E-state index is 0.337. The molecule has 166 valence electrons. The molecule has 2 heterocycles. The molecular weight excluding hydrogens is 392 g/mol. The summed E-state index contributed by atoms with van der Waals surface area (Å²) in [5.41, 5.74) is 0. The minimum Gasteiger partial charge on any atom is -0.394 e. The number of hydrogen-bond acceptors (Lipinski definition) is 10. The van der Waals surface area contributed by atoms with Crippen LogP contribution in [0.2, 0.25) is 0 Å². The van der Waals surface area contributed by atoms with Crippen LogP contribution >= 0.6 is 11.8 Å². The van der Waals surface area contributed by atoms with Crippen LogP contribution in [0, 0.1) is 5.92 Å². The molecule has 5 N–H and O–H groups in total. The maximum atomic E-state index is 10.6. The third kappa shape index (κ3) is 5.37. The average molecular weight is 427 g/mol. The van der Waals surface area contributed by atoms with Gasteiger partial charge in [0.2, 0.25) is 0 Å². The fourth-order valence-corrected chi connectivity index (χ4v) is 4.64. The first-order valence-electron chi connectivity index (χ1n) is 9.79. The van der Waals surface area contributed by atoms with E-state index in [1.807, 2.05) is 13.8 Å². The molecule has 0 aromatic rings. The number of methoxy groups -OCH3 is 1. The Morgan fingerprint density at radius 3 is 2.11 bits per heavy atom. The van der Waals surface area contributed by atoms with E-state index in [0.717, 1.165) is 12.2 Å². The SMILES string of the molecule is CCCSCC1O[C@@H](OC)C(O)C(O)C1O[C@@H]1OC(CO)C(CC)C(O)C1O. The summed E-state index contributed by atoms with van der Waals surface area (Å²) < 4.78 is 22.3. The Morgan fingerprint density at radius 2 is 1.54 bits per heavy atom. The molecule has 2 aliphatic rings. The molecular formula is C18H34O9S. The van der Waals surface area contributed by atoms with Crippen LogP contribution in [0.5, 0.6) is 0 Å². The highest BCUT2D eigenvalue weighted by Crippen LogP contribution is 2.33. The van der Waals surface area contributed by atoms with Gasteiger partial charge in [0.05, 0.1) is 24.9 Å². The molecule has 10 heteroatoms. The zero-order valence-electron chi connectivity index (χ0n) is 16.6. The van der Waals surface area contributed by atoms with Crippen LogP contribution in [0.25, 0.3) is 0 Å². The summed E-state index contributed by atoms with van der Waals surface area (Å²) >= 11 is 1.61. The molecule has 0 aromatic heterocycles. The molecule has 2 saturated heterocycles. The predicted molar refractivity (Wildman–Crippen MR) is 102 cm³/mol. The van der Waals surface area contributed by atoms with E-state index in [-0.39, 0.29) is 6.61 Å². The lowest BCUT2D eigenvalue weighted by Crippen LogP contribution is -2.63. The van der Waals surface area contributed by atoms with Gasteiger partial charge in [-0.25, -0.2) is 0 Å². The van der Waals surface area contributed by atoms with Crippen LogP contribution in [0.1, 0.15) is 26.7 Å². The first-order chi connectivity index (χ1) is 13.4. The second-order valence-corrected chi connectivity index (χ2v) is 8.36. The summed E-state index contributed by atoms with van der Waals surface area (Å²) in [4.78, 5) is 0. The van der Waals surface area contributed by atoms with Crippen molar-refractivity contribution < 1.29 is 44.5 Å². The molecule has 0 spiro atoms. The van der Waals surface area contributed by atoms with Gasteiger partial charge in [0.25, 0.3) is 0 Å². The van der Waals surface area contributed by atoms with Gasteiger partial charge in [-0.1, -0.05) is 13.8 Å². The number of aliphatic hydroxyl groups excluding tert-OH is 5. The average Bonchev–Trinajstić information content (AvgIpc) is 2.70. The van der Waals surface area contributed by atoms with Gasteiger partial charge in [-0.3, -0.25) is 0 Å². The van der Waals surface area contributed by atoms with Crippen LogP contribution < -0.4 is 0 Å². The Hall–Kier alpha value is -0.0100. The largest absolute Gasteiger partial charge is 0.394 e. The Labute approximate surface area is 169 Å². The van der Waals surface area contributed by atoms with Gasteiger partial charge in [0.1, 0.15) is 24.4 Å². The molecule has 0 aromatic carbocycles. The summed E-state index contributed by atoms with van der Waals surface area (Å²) in [6, 6.07) is 0. The van der Waals surface area contributed by atoms with Crippen molar-refractivity contribution in [1.82, 2.24) is 0 Å². The fraction of sp³-hybridized carbons (Fsp3) is 1.00. The lowest BCUT2D eigenvalue weighted by molar-refractivity contribution is -0.349.